The fourth-order valence-electron chi connectivity index (χ4n) is 3.16. The molecule has 3 aromatic rings. The molecular weight excluding hydrogens is 355 g/mol. The van der Waals surface area contributed by atoms with Gasteiger partial charge in [0.15, 0.2) is 0 Å². The Balaban J connectivity index is 1.40. The maximum absolute atomic E-state index is 12.8. The summed E-state index contributed by atoms with van der Waals surface area (Å²) in [6, 6.07) is 12.5. The minimum Gasteiger partial charge on any atom is -0.326 e. The van der Waals surface area contributed by atoms with E-state index < -0.39 is 11.7 Å². The molecule has 0 spiro atoms. The molecule has 1 aliphatic rings. The highest BCUT2D eigenvalue weighted by Crippen LogP contribution is 2.48. The third-order valence-corrected chi connectivity index (χ3v) is 4.71. The van der Waals surface area contributed by atoms with Gasteiger partial charge in [0.25, 0.3) is 0 Å². The Morgan fingerprint density at radius 2 is 1.93 bits per heavy atom. The first-order valence-corrected chi connectivity index (χ1v) is 8.48. The number of imidazole rings is 1. The fraction of sp³-hybridized carbons (Fsp3) is 0.200. The van der Waals surface area contributed by atoms with Gasteiger partial charge in [0.1, 0.15) is 0 Å². The van der Waals surface area contributed by atoms with Gasteiger partial charge in [-0.15, -0.1) is 0 Å². The van der Waals surface area contributed by atoms with Crippen molar-refractivity contribution in [3.63, 3.8) is 0 Å². The number of rotatable bonds is 4. The minimum absolute atomic E-state index is 0.169. The first-order chi connectivity index (χ1) is 12.9. The molecule has 4 nitrogen and oxygen atoms in total. The molecule has 1 aromatic heterocycles. The summed E-state index contributed by atoms with van der Waals surface area (Å²) in [6.07, 6.45) is 1.35. The van der Waals surface area contributed by atoms with E-state index in [1.54, 1.807) is 30.7 Å². The molecule has 4 rings (SSSR count). The highest BCUT2D eigenvalue weighted by atomic mass is 19.4. The second-order valence-electron chi connectivity index (χ2n) is 6.58. The Morgan fingerprint density at radius 3 is 2.59 bits per heavy atom. The number of hydrogen-bond acceptors (Lipinski definition) is 2. The summed E-state index contributed by atoms with van der Waals surface area (Å²) in [4.78, 5) is 16.4. The van der Waals surface area contributed by atoms with E-state index in [1.165, 1.54) is 6.07 Å². The maximum atomic E-state index is 12.8. The van der Waals surface area contributed by atoms with Crippen molar-refractivity contribution in [2.45, 2.75) is 18.5 Å². The van der Waals surface area contributed by atoms with Gasteiger partial charge in [-0.2, -0.15) is 13.2 Å². The number of nitrogens with zero attached hydrogens (tertiary/aromatic N) is 2. The van der Waals surface area contributed by atoms with Crippen LogP contribution in [-0.2, 0) is 11.0 Å². The first kappa shape index (κ1) is 17.3. The van der Waals surface area contributed by atoms with Crippen molar-refractivity contribution in [3.05, 3.63) is 78.4 Å². The quantitative estimate of drug-likeness (QED) is 0.727. The summed E-state index contributed by atoms with van der Waals surface area (Å²) in [5.74, 6) is -0.646. The standard InChI is InChI=1S/C20H16F3N3O/c21-20(22,23)14-3-1-2-13(10-14)17-11-18(17)19(27)25-15-4-6-16(7-5-15)26-9-8-24-12-26/h1-10,12,17-18H,11H2,(H,25,27). The van der Waals surface area contributed by atoms with Crippen molar-refractivity contribution in [2.75, 3.05) is 5.32 Å². The largest absolute Gasteiger partial charge is 0.416 e. The highest BCUT2D eigenvalue weighted by molar-refractivity contribution is 5.95. The molecule has 2 atom stereocenters. The van der Waals surface area contributed by atoms with Crippen LogP contribution in [0.15, 0.2) is 67.3 Å². The van der Waals surface area contributed by atoms with Gasteiger partial charge < -0.3 is 9.88 Å². The molecule has 0 bridgehead atoms. The van der Waals surface area contributed by atoms with Crippen LogP contribution in [0.25, 0.3) is 5.69 Å². The molecule has 1 amide bonds. The van der Waals surface area contributed by atoms with Crippen molar-refractivity contribution in [2.24, 2.45) is 5.92 Å². The molecule has 0 aliphatic heterocycles. The SMILES string of the molecule is O=C(Nc1ccc(-n2ccnc2)cc1)C1CC1c1cccc(C(F)(F)F)c1. The normalized spacial score (nSPS) is 18.9. The van der Waals surface area contributed by atoms with Crippen molar-refractivity contribution in [1.29, 1.82) is 0 Å². The number of hydrogen-bond donors (Lipinski definition) is 1. The number of halogens is 3. The summed E-state index contributed by atoms with van der Waals surface area (Å²) in [5, 5.41) is 2.83. The predicted octanol–water partition coefficient (Wildman–Crippen LogP) is 4.63. The third-order valence-electron chi connectivity index (χ3n) is 4.71. The van der Waals surface area contributed by atoms with Crippen LogP contribution in [0.4, 0.5) is 18.9 Å². The third kappa shape index (κ3) is 3.72. The van der Waals surface area contributed by atoms with Gasteiger partial charge in [0.05, 0.1) is 11.9 Å². The summed E-state index contributed by atoms with van der Waals surface area (Å²) in [6.45, 7) is 0. The van der Waals surface area contributed by atoms with E-state index in [0.717, 1.165) is 17.8 Å². The Hall–Kier alpha value is -3.09. The average molecular weight is 371 g/mol. The molecule has 2 aromatic carbocycles. The Bertz CT molecular complexity index is 949. The minimum atomic E-state index is -4.38. The second kappa shape index (κ2) is 6.57. The van der Waals surface area contributed by atoms with Crippen molar-refractivity contribution < 1.29 is 18.0 Å². The van der Waals surface area contributed by atoms with Crippen LogP contribution in [0.5, 0.6) is 0 Å². The van der Waals surface area contributed by atoms with Crippen LogP contribution in [0.2, 0.25) is 0 Å². The summed E-state index contributed by atoms with van der Waals surface area (Å²) < 4.78 is 40.4. The van der Waals surface area contributed by atoms with E-state index in [2.05, 4.69) is 10.3 Å². The molecule has 1 saturated carbocycles. The first-order valence-electron chi connectivity index (χ1n) is 8.48. The summed E-state index contributed by atoms with van der Waals surface area (Å²) >= 11 is 0. The van der Waals surface area contributed by atoms with Crippen LogP contribution >= 0.6 is 0 Å². The van der Waals surface area contributed by atoms with Gasteiger partial charge >= 0.3 is 6.18 Å². The molecule has 1 N–H and O–H groups in total. The summed E-state index contributed by atoms with van der Waals surface area (Å²) in [5.41, 5.74) is 1.44. The highest BCUT2D eigenvalue weighted by Gasteiger charge is 2.44. The van der Waals surface area contributed by atoms with Crippen LogP contribution in [-0.4, -0.2) is 15.5 Å². The van der Waals surface area contributed by atoms with Crippen molar-refractivity contribution >= 4 is 11.6 Å². The lowest BCUT2D eigenvalue weighted by molar-refractivity contribution is -0.137. The molecule has 0 saturated heterocycles. The number of alkyl halides is 3. The molecule has 27 heavy (non-hydrogen) atoms. The zero-order chi connectivity index (χ0) is 19.0. The van der Waals surface area contributed by atoms with Gasteiger partial charge in [-0.3, -0.25) is 4.79 Å². The lowest BCUT2D eigenvalue weighted by Crippen LogP contribution is -2.14. The Kier molecular flexibility index (Phi) is 4.22. The fourth-order valence-corrected chi connectivity index (χ4v) is 3.16. The van der Waals surface area contributed by atoms with Gasteiger partial charge in [0.2, 0.25) is 5.91 Å². The lowest BCUT2D eigenvalue weighted by atomic mass is 10.1. The predicted molar refractivity (Wildman–Crippen MR) is 94.5 cm³/mol. The smallest absolute Gasteiger partial charge is 0.326 e. The van der Waals surface area contributed by atoms with E-state index in [4.69, 9.17) is 0 Å². The topological polar surface area (TPSA) is 46.9 Å². The molecule has 1 aliphatic carbocycles. The Labute approximate surface area is 153 Å². The second-order valence-corrected chi connectivity index (χ2v) is 6.58. The monoisotopic (exact) mass is 371 g/mol. The number of aromatic nitrogens is 2. The molecule has 2 unspecified atom stereocenters. The average Bonchev–Trinajstić information content (AvgIpc) is 3.27. The molecule has 138 valence electrons. The van der Waals surface area contributed by atoms with Gasteiger partial charge in [-0.05, 0) is 48.2 Å². The van der Waals surface area contributed by atoms with Gasteiger partial charge in [-0.25, -0.2) is 4.98 Å². The van der Waals surface area contributed by atoms with Crippen LogP contribution in [0, 0.1) is 5.92 Å². The lowest BCUT2D eigenvalue weighted by Gasteiger charge is -2.09. The maximum Gasteiger partial charge on any atom is 0.416 e. The van der Waals surface area contributed by atoms with E-state index >= 15 is 0 Å². The number of carbonyl (C=O) groups excluding carboxylic acids is 1. The van der Waals surface area contributed by atoms with Crippen LogP contribution in [0.3, 0.4) is 0 Å². The van der Waals surface area contributed by atoms with Crippen molar-refractivity contribution in [3.8, 4) is 5.69 Å². The van der Waals surface area contributed by atoms with E-state index in [0.29, 0.717) is 17.7 Å². The zero-order valence-electron chi connectivity index (χ0n) is 14.1. The molecule has 7 heteroatoms. The number of nitrogens with one attached hydrogen (secondary N) is 1. The Morgan fingerprint density at radius 1 is 1.15 bits per heavy atom. The number of amides is 1. The summed E-state index contributed by atoms with van der Waals surface area (Å²) in [7, 11) is 0. The molecule has 1 fully saturated rings. The zero-order valence-corrected chi connectivity index (χ0v) is 14.1. The van der Waals surface area contributed by atoms with Crippen LogP contribution < -0.4 is 5.32 Å². The molecular formula is C20H16F3N3O. The number of anilines is 1. The van der Waals surface area contributed by atoms with Gasteiger partial charge in [-0.1, -0.05) is 18.2 Å². The molecule has 0 radical (unpaired) electrons. The number of benzene rings is 2. The van der Waals surface area contributed by atoms with Crippen molar-refractivity contribution in [1.82, 2.24) is 9.55 Å². The van der Waals surface area contributed by atoms with E-state index in [9.17, 15) is 18.0 Å². The van der Waals surface area contributed by atoms with E-state index in [-0.39, 0.29) is 17.7 Å². The van der Waals surface area contributed by atoms with Gasteiger partial charge in [0, 0.05) is 29.7 Å². The van der Waals surface area contributed by atoms with Crippen LogP contribution in [0.1, 0.15) is 23.5 Å². The number of carbonyl (C=O) groups is 1. The molecule has 1 heterocycles. The van der Waals surface area contributed by atoms with E-state index in [1.807, 2.05) is 22.9 Å².